The van der Waals surface area contributed by atoms with Gasteiger partial charge in [0.2, 0.25) is 5.91 Å². The normalized spacial score (nSPS) is 13.8. The molecule has 5 heteroatoms. The summed E-state index contributed by atoms with van der Waals surface area (Å²) < 4.78 is 13.0. The van der Waals surface area contributed by atoms with Crippen molar-refractivity contribution in [2.75, 3.05) is 0 Å². The van der Waals surface area contributed by atoms with Gasteiger partial charge in [0.05, 0.1) is 12.1 Å². The number of halogens is 1. The van der Waals surface area contributed by atoms with Crippen LogP contribution in [0.5, 0.6) is 0 Å². The molecule has 3 N–H and O–H groups in total. The number of carbonyl (C=O) groups is 1. The summed E-state index contributed by atoms with van der Waals surface area (Å²) >= 11 is 1.53. The van der Waals surface area contributed by atoms with Crippen molar-refractivity contribution in [3.8, 4) is 0 Å². The van der Waals surface area contributed by atoms with Gasteiger partial charge in [-0.1, -0.05) is 18.2 Å². The molecule has 1 aromatic heterocycles. The van der Waals surface area contributed by atoms with Crippen LogP contribution in [0.2, 0.25) is 0 Å². The third-order valence-electron chi connectivity index (χ3n) is 2.73. The topological polar surface area (TPSA) is 55.1 Å². The number of nitrogens with two attached hydrogens (primary N) is 1. The lowest BCUT2D eigenvalue weighted by atomic mass is 10.0. The van der Waals surface area contributed by atoms with Crippen molar-refractivity contribution in [1.82, 2.24) is 5.32 Å². The molecule has 0 saturated heterocycles. The highest BCUT2D eigenvalue weighted by atomic mass is 32.1. The summed E-state index contributed by atoms with van der Waals surface area (Å²) in [6, 6.07) is 9.07. The molecule has 0 fully saturated rings. The fourth-order valence-corrected chi connectivity index (χ4v) is 2.51. The Bertz CT molecular complexity index is 537. The van der Waals surface area contributed by atoms with E-state index >= 15 is 0 Å². The van der Waals surface area contributed by atoms with E-state index in [1.807, 2.05) is 17.5 Å². The Balaban J connectivity index is 2.29. The van der Waals surface area contributed by atoms with E-state index in [0.717, 1.165) is 10.4 Å². The number of rotatable bonds is 4. The first-order chi connectivity index (χ1) is 9.08. The van der Waals surface area contributed by atoms with Crippen molar-refractivity contribution < 1.29 is 9.18 Å². The Hall–Kier alpha value is -1.72. The van der Waals surface area contributed by atoms with Crippen molar-refractivity contribution >= 4 is 17.2 Å². The summed E-state index contributed by atoms with van der Waals surface area (Å²) in [5, 5.41) is 4.81. The molecule has 0 saturated carbocycles. The van der Waals surface area contributed by atoms with E-state index in [-0.39, 0.29) is 17.8 Å². The fourth-order valence-electron chi connectivity index (χ4n) is 1.70. The second-order valence-corrected chi connectivity index (χ2v) is 5.28. The minimum absolute atomic E-state index is 0.234. The van der Waals surface area contributed by atoms with E-state index in [2.05, 4.69) is 5.32 Å². The molecule has 2 atom stereocenters. The highest BCUT2D eigenvalue weighted by Gasteiger charge is 2.19. The monoisotopic (exact) mass is 278 g/mol. The summed E-state index contributed by atoms with van der Waals surface area (Å²) in [6.07, 6.45) is 0. The van der Waals surface area contributed by atoms with Gasteiger partial charge in [0.1, 0.15) is 5.82 Å². The maximum absolute atomic E-state index is 13.0. The minimum atomic E-state index is -0.581. The Morgan fingerprint density at radius 3 is 2.53 bits per heavy atom. The summed E-state index contributed by atoms with van der Waals surface area (Å²) in [5.41, 5.74) is 6.40. The SMILES string of the molecule is C[C@@H](N)C(=O)NC(c1ccc(F)cc1)c1cccs1. The van der Waals surface area contributed by atoms with Gasteiger partial charge in [0.15, 0.2) is 0 Å². The molecule has 1 amide bonds. The number of nitrogens with one attached hydrogen (secondary N) is 1. The van der Waals surface area contributed by atoms with Crippen LogP contribution in [0.3, 0.4) is 0 Å². The Labute approximate surface area is 115 Å². The molecule has 0 aliphatic heterocycles. The average Bonchev–Trinajstić information content (AvgIpc) is 2.90. The first-order valence-corrected chi connectivity index (χ1v) is 6.80. The smallest absolute Gasteiger partial charge is 0.237 e. The highest BCUT2D eigenvalue weighted by Crippen LogP contribution is 2.26. The average molecular weight is 278 g/mol. The van der Waals surface area contributed by atoms with Gasteiger partial charge in [-0.25, -0.2) is 4.39 Å². The molecule has 0 radical (unpaired) electrons. The molecule has 100 valence electrons. The number of hydrogen-bond donors (Lipinski definition) is 2. The fraction of sp³-hybridized carbons (Fsp3) is 0.214. The van der Waals surface area contributed by atoms with Crippen LogP contribution in [0, 0.1) is 5.82 Å². The van der Waals surface area contributed by atoms with Gasteiger partial charge >= 0.3 is 0 Å². The van der Waals surface area contributed by atoms with Gasteiger partial charge in [-0.05, 0) is 36.1 Å². The number of thiophene rings is 1. The zero-order chi connectivity index (χ0) is 13.8. The van der Waals surface area contributed by atoms with Gasteiger partial charge < -0.3 is 11.1 Å². The van der Waals surface area contributed by atoms with Gasteiger partial charge in [0.25, 0.3) is 0 Å². The quantitative estimate of drug-likeness (QED) is 0.902. The third-order valence-corrected chi connectivity index (χ3v) is 3.67. The van der Waals surface area contributed by atoms with Crippen LogP contribution in [0.1, 0.15) is 23.4 Å². The van der Waals surface area contributed by atoms with E-state index < -0.39 is 6.04 Å². The molecule has 1 aromatic carbocycles. The molecule has 1 heterocycles. The van der Waals surface area contributed by atoms with Gasteiger partial charge in [-0.3, -0.25) is 4.79 Å². The van der Waals surface area contributed by atoms with Gasteiger partial charge in [0, 0.05) is 4.88 Å². The zero-order valence-electron chi connectivity index (χ0n) is 10.5. The lowest BCUT2D eigenvalue weighted by molar-refractivity contribution is -0.122. The molecule has 0 spiro atoms. The molecule has 19 heavy (non-hydrogen) atoms. The summed E-state index contributed by atoms with van der Waals surface area (Å²) in [4.78, 5) is 12.8. The molecule has 2 aromatic rings. The minimum Gasteiger partial charge on any atom is -0.343 e. The standard InChI is InChI=1S/C14H15FN2OS/c1-9(16)14(18)17-13(12-3-2-8-19-12)10-4-6-11(15)7-5-10/h2-9,13H,16H2,1H3,(H,17,18)/t9-,13?/m1/s1. The van der Waals surface area contributed by atoms with Crippen LogP contribution < -0.4 is 11.1 Å². The Morgan fingerprint density at radius 2 is 2.00 bits per heavy atom. The van der Waals surface area contributed by atoms with Crippen molar-refractivity contribution in [2.45, 2.75) is 19.0 Å². The van der Waals surface area contributed by atoms with Crippen molar-refractivity contribution in [1.29, 1.82) is 0 Å². The molecular weight excluding hydrogens is 263 g/mol. The van der Waals surface area contributed by atoms with Crippen molar-refractivity contribution in [3.05, 3.63) is 58.0 Å². The second kappa shape index (κ2) is 5.95. The zero-order valence-corrected chi connectivity index (χ0v) is 11.3. The first-order valence-electron chi connectivity index (χ1n) is 5.93. The van der Waals surface area contributed by atoms with Crippen LogP contribution in [0.15, 0.2) is 41.8 Å². The molecular formula is C14H15FN2OS. The van der Waals surface area contributed by atoms with Gasteiger partial charge in [-0.2, -0.15) is 0 Å². The van der Waals surface area contributed by atoms with Crippen LogP contribution in [0.25, 0.3) is 0 Å². The summed E-state index contributed by atoms with van der Waals surface area (Å²) in [7, 11) is 0. The number of carbonyl (C=O) groups excluding carboxylic acids is 1. The predicted molar refractivity (Wildman–Crippen MR) is 74.4 cm³/mol. The van der Waals surface area contributed by atoms with Gasteiger partial charge in [-0.15, -0.1) is 11.3 Å². The number of benzene rings is 1. The summed E-state index contributed by atoms with van der Waals surface area (Å²) in [6.45, 7) is 1.63. The first kappa shape index (κ1) is 13.7. The molecule has 0 aliphatic rings. The molecule has 0 bridgehead atoms. The molecule has 3 nitrogen and oxygen atoms in total. The largest absolute Gasteiger partial charge is 0.343 e. The van der Waals surface area contributed by atoms with E-state index in [1.165, 1.54) is 23.5 Å². The van der Waals surface area contributed by atoms with Crippen molar-refractivity contribution in [2.24, 2.45) is 5.73 Å². The third kappa shape index (κ3) is 3.39. The van der Waals surface area contributed by atoms with E-state index in [0.29, 0.717) is 0 Å². The van der Waals surface area contributed by atoms with E-state index in [4.69, 9.17) is 5.73 Å². The highest BCUT2D eigenvalue weighted by molar-refractivity contribution is 7.10. The predicted octanol–water partition coefficient (Wildman–Crippen LogP) is 2.44. The molecule has 1 unspecified atom stereocenters. The second-order valence-electron chi connectivity index (χ2n) is 4.30. The van der Waals surface area contributed by atoms with E-state index in [9.17, 15) is 9.18 Å². The van der Waals surface area contributed by atoms with Crippen molar-refractivity contribution in [3.63, 3.8) is 0 Å². The maximum atomic E-state index is 13.0. The van der Waals surface area contributed by atoms with E-state index in [1.54, 1.807) is 19.1 Å². The maximum Gasteiger partial charge on any atom is 0.237 e. The van der Waals surface area contributed by atoms with Crippen LogP contribution >= 0.6 is 11.3 Å². The Morgan fingerprint density at radius 1 is 1.32 bits per heavy atom. The summed E-state index contributed by atoms with van der Waals surface area (Å²) in [5.74, 6) is -0.532. The number of amides is 1. The molecule has 2 rings (SSSR count). The molecule has 0 aliphatic carbocycles. The van der Waals surface area contributed by atoms with Crippen LogP contribution in [-0.2, 0) is 4.79 Å². The lowest BCUT2D eigenvalue weighted by Crippen LogP contribution is -2.40. The van der Waals surface area contributed by atoms with Crippen LogP contribution in [0.4, 0.5) is 4.39 Å². The van der Waals surface area contributed by atoms with Crippen LogP contribution in [-0.4, -0.2) is 11.9 Å². The number of hydrogen-bond acceptors (Lipinski definition) is 3. The Kier molecular flexibility index (Phi) is 4.29. The lowest BCUT2D eigenvalue weighted by Gasteiger charge is -2.19.